The molecule has 0 spiro atoms. The van der Waals surface area contributed by atoms with Gasteiger partial charge < -0.3 is 23.8 Å². The summed E-state index contributed by atoms with van der Waals surface area (Å²) in [5.41, 5.74) is 0.793. The Morgan fingerprint density at radius 1 is 1.29 bits per heavy atom. The quantitative estimate of drug-likeness (QED) is 0.642. The van der Waals surface area contributed by atoms with E-state index in [9.17, 15) is 4.79 Å². The smallest absolute Gasteiger partial charge is 0.246 e. The third-order valence-corrected chi connectivity index (χ3v) is 5.29. The van der Waals surface area contributed by atoms with Gasteiger partial charge in [0.2, 0.25) is 5.91 Å². The number of carbonyl (C=O) groups excluding carboxylic acids is 1. The molecule has 3 rings (SSSR count). The molecule has 2 aliphatic heterocycles. The molecule has 0 unspecified atom stereocenters. The molecule has 1 amide bonds. The number of carbonyl (C=O) groups is 1. The lowest BCUT2D eigenvalue weighted by Crippen LogP contribution is -2.40. The Balaban J connectivity index is 1.58. The van der Waals surface area contributed by atoms with Crippen molar-refractivity contribution in [1.82, 2.24) is 4.90 Å². The maximum absolute atomic E-state index is 12.5. The van der Waals surface area contributed by atoms with E-state index in [1.54, 1.807) is 25.3 Å². The van der Waals surface area contributed by atoms with Gasteiger partial charge in [0, 0.05) is 25.1 Å². The predicted molar refractivity (Wildman–Crippen MR) is 108 cm³/mol. The first-order valence-corrected chi connectivity index (χ1v) is 10.2. The van der Waals surface area contributed by atoms with E-state index in [4.69, 9.17) is 30.5 Å². The Labute approximate surface area is 171 Å². The molecule has 2 saturated heterocycles. The molecule has 2 heterocycles. The van der Waals surface area contributed by atoms with Gasteiger partial charge in [-0.2, -0.15) is 0 Å². The maximum Gasteiger partial charge on any atom is 0.246 e. The number of likely N-dealkylation sites (tertiary alicyclic amines) is 1. The summed E-state index contributed by atoms with van der Waals surface area (Å²) < 4.78 is 22.2. The third kappa shape index (κ3) is 5.19. The summed E-state index contributed by atoms with van der Waals surface area (Å²) in [6, 6.07) is 3.60. The number of halogens is 1. The fourth-order valence-electron chi connectivity index (χ4n) is 3.49. The van der Waals surface area contributed by atoms with Crippen LogP contribution in [0.1, 0.15) is 31.7 Å². The third-order valence-electron chi connectivity index (χ3n) is 5.00. The lowest BCUT2D eigenvalue weighted by molar-refractivity contribution is -0.131. The molecule has 1 aromatic carbocycles. The van der Waals surface area contributed by atoms with Crippen molar-refractivity contribution in [2.75, 3.05) is 40.0 Å². The number of amides is 1. The average molecular weight is 410 g/mol. The number of hydrogen-bond acceptors (Lipinski definition) is 5. The molecular formula is C21H28ClNO5. The number of rotatable bonds is 7. The van der Waals surface area contributed by atoms with Crippen molar-refractivity contribution in [1.29, 1.82) is 0 Å². The molecule has 0 N–H and O–H groups in total. The second kappa shape index (κ2) is 10.1. The summed E-state index contributed by atoms with van der Waals surface area (Å²) in [4.78, 5) is 14.4. The molecule has 0 radical (unpaired) electrons. The van der Waals surface area contributed by atoms with E-state index in [0.29, 0.717) is 55.3 Å². The van der Waals surface area contributed by atoms with Crippen molar-refractivity contribution in [2.24, 2.45) is 5.92 Å². The summed E-state index contributed by atoms with van der Waals surface area (Å²) >= 11 is 6.33. The van der Waals surface area contributed by atoms with Gasteiger partial charge in [0.25, 0.3) is 0 Å². The predicted octanol–water partition coefficient (Wildman–Crippen LogP) is 3.76. The second-order valence-electron chi connectivity index (χ2n) is 6.99. The van der Waals surface area contributed by atoms with Crippen molar-refractivity contribution >= 4 is 23.6 Å². The van der Waals surface area contributed by atoms with Crippen LogP contribution in [0.15, 0.2) is 18.2 Å². The highest BCUT2D eigenvalue weighted by Gasteiger charge is 2.31. The summed E-state index contributed by atoms with van der Waals surface area (Å²) in [6.07, 6.45) is 5.92. The van der Waals surface area contributed by atoms with Gasteiger partial charge >= 0.3 is 0 Å². The van der Waals surface area contributed by atoms with Gasteiger partial charge in [0.05, 0.1) is 32.0 Å². The molecule has 28 heavy (non-hydrogen) atoms. The molecule has 1 aromatic rings. The minimum absolute atomic E-state index is 0.00638. The second-order valence-corrected chi connectivity index (χ2v) is 7.40. The normalized spacial score (nSPS) is 18.8. The Morgan fingerprint density at radius 2 is 2.00 bits per heavy atom. The van der Waals surface area contributed by atoms with Crippen LogP contribution >= 0.6 is 11.6 Å². The van der Waals surface area contributed by atoms with Crippen LogP contribution in [-0.2, 0) is 14.3 Å². The van der Waals surface area contributed by atoms with Gasteiger partial charge in [-0.05, 0) is 43.0 Å². The summed E-state index contributed by atoms with van der Waals surface area (Å²) in [6.45, 7) is 5.36. The van der Waals surface area contributed by atoms with E-state index in [1.807, 2.05) is 17.9 Å². The SMILES string of the molecule is CCCOc1c(Cl)cc(/C=C/C(=O)N2CCC(C3OCCO3)CC2)cc1OC. The van der Waals surface area contributed by atoms with Gasteiger partial charge in [0.15, 0.2) is 17.8 Å². The topological polar surface area (TPSA) is 57.2 Å². The van der Waals surface area contributed by atoms with Crippen molar-refractivity contribution in [3.8, 4) is 11.5 Å². The van der Waals surface area contributed by atoms with Crippen molar-refractivity contribution in [3.63, 3.8) is 0 Å². The van der Waals surface area contributed by atoms with Gasteiger partial charge in [-0.3, -0.25) is 4.79 Å². The Morgan fingerprint density at radius 3 is 2.64 bits per heavy atom. The number of nitrogens with zero attached hydrogens (tertiary/aromatic N) is 1. The molecule has 0 bridgehead atoms. The number of benzene rings is 1. The number of methoxy groups -OCH3 is 1. The molecule has 154 valence electrons. The van der Waals surface area contributed by atoms with Crippen LogP contribution in [0.4, 0.5) is 0 Å². The lowest BCUT2D eigenvalue weighted by atomic mass is 9.96. The molecule has 0 aliphatic carbocycles. The minimum Gasteiger partial charge on any atom is -0.493 e. The van der Waals surface area contributed by atoms with Gasteiger partial charge in [-0.15, -0.1) is 0 Å². The van der Waals surface area contributed by atoms with Crippen LogP contribution in [0.2, 0.25) is 5.02 Å². The number of hydrogen-bond donors (Lipinski definition) is 0. The van der Waals surface area contributed by atoms with E-state index < -0.39 is 0 Å². The zero-order chi connectivity index (χ0) is 19.9. The molecule has 7 heteroatoms. The van der Waals surface area contributed by atoms with Crippen LogP contribution < -0.4 is 9.47 Å². The van der Waals surface area contributed by atoms with Crippen LogP contribution in [0.3, 0.4) is 0 Å². The summed E-state index contributed by atoms with van der Waals surface area (Å²) in [5.74, 6) is 1.46. The highest BCUT2D eigenvalue weighted by Crippen LogP contribution is 2.37. The van der Waals surface area contributed by atoms with Crippen molar-refractivity contribution in [2.45, 2.75) is 32.5 Å². The molecule has 0 atom stereocenters. The number of piperidine rings is 1. The monoisotopic (exact) mass is 409 g/mol. The van der Waals surface area contributed by atoms with Crippen LogP contribution in [0.5, 0.6) is 11.5 Å². The van der Waals surface area contributed by atoms with E-state index in [0.717, 1.165) is 24.8 Å². The Bertz CT molecular complexity index is 694. The Hall–Kier alpha value is -1.76. The zero-order valence-electron chi connectivity index (χ0n) is 16.5. The largest absolute Gasteiger partial charge is 0.493 e. The highest BCUT2D eigenvalue weighted by atomic mass is 35.5. The molecule has 0 saturated carbocycles. The molecular weight excluding hydrogens is 382 g/mol. The molecule has 6 nitrogen and oxygen atoms in total. The van der Waals surface area contributed by atoms with E-state index in [2.05, 4.69) is 0 Å². The van der Waals surface area contributed by atoms with Gasteiger partial charge in [-0.25, -0.2) is 0 Å². The van der Waals surface area contributed by atoms with E-state index in [1.165, 1.54) is 0 Å². The average Bonchev–Trinajstić information content (AvgIpc) is 3.26. The molecule has 0 aromatic heterocycles. The highest BCUT2D eigenvalue weighted by molar-refractivity contribution is 6.32. The van der Waals surface area contributed by atoms with Crippen LogP contribution in [-0.4, -0.2) is 57.1 Å². The van der Waals surface area contributed by atoms with E-state index in [-0.39, 0.29) is 12.2 Å². The van der Waals surface area contributed by atoms with Crippen molar-refractivity contribution < 1.29 is 23.7 Å². The standard InChI is InChI=1S/C21H28ClNO5/c1-3-10-26-20-17(22)13-15(14-18(20)25-2)4-5-19(24)23-8-6-16(7-9-23)21-27-11-12-28-21/h4-5,13-14,16,21H,3,6-12H2,1-2H3/b5-4+. The maximum atomic E-state index is 12.5. The number of ether oxygens (including phenoxy) is 4. The molecule has 2 fully saturated rings. The van der Waals surface area contributed by atoms with Crippen LogP contribution in [0, 0.1) is 5.92 Å². The first kappa shape index (κ1) is 21.0. The summed E-state index contributed by atoms with van der Waals surface area (Å²) in [7, 11) is 1.57. The van der Waals surface area contributed by atoms with Gasteiger partial charge in [0.1, 0.15) is 0 Å². The first-order chi connectivity index (χ1) is 13.6. The van der Waals surface area contributed by atoms with E-state index >= 15 is 0 Å². The fraction of sp³-hybridized carbons (Fsp3) is 0.571. The lowest BCUT2D eigenvalue weighted by Gasteiger charge is -2.33. The van der Waals surface area contributed by atoms with Crippen molar-refractivity contribution in [3.05, 3.63) is 28.8 Å². The van der Waals surface area contributed by atoms with Gasteiger partial charge in [-0.1, -0.05) is 18.5 Å². The molecule has 2 aliphatic rings. The summed E-state index contributed by atoms with van der Waals surface area (Å²) in [5, 5.41) is 0.470. The van der Waals surface area contributed by atoms with Crippen LogP contribution in [0.25, 0.3) is 6.08 Å². The zero-order valence-corrected chi connectivity index (χ0v) is 17.2. The Kier molecular flexibility index (Phi) is 7.59. The fourth-order valence-corrected chi connectivity index (χ4v) is 3.77. The minimum atomic E-state index is -0.101. The first-order valence-electron chi connectivity index (χ1n) is 9.83.